The zero-order valence-corrected chi connectivity index (χ0v) is 13.5. The van der Waals surface area contributed by atoms with Crippen molar-refractivity contribution in [3.63, 3.8) is 0 Å². The van der Waals surface area contributed by atoms with Crippen molar-refractivity contribution in [2.24, 2.45) is 0 Å². The maximum atomic E-state index is 11.3. The molecular formula is C16H14IO4+. The summed E-state index contributed by atoms with van der Waals surface area (Å²) in [5, 5.41) is 8.80. The molecule has 0 saturated carbocycles. The monoisotopic (exact) mass is 397 g/mol. The second-order valence-corrected chi connectivity index (χ2v) is 7.21. The fourth-order valence-electron chi connectivity index (χ4n) is 1.68. The highest BCUT2D eigenvalue weighted by Gasteiger charge is 2.17. The predicted molar refractivity (Wildman–Crippen MR) is 73.0 cm³/mol. The number of benzene rings is 2. The fourth-order valence-corrected chi connectivity index (χ4v) is 3.84. The molecule has 108 valence electrons. The van der Waals surface area contributed by atoms with Gasteiger partial charge in [-0.1, -0.05) is 0 Å². The summed E-state index contributed by atoms with van der Waals surface area (Å²) in [5.74, 6) is -0.617. The Morgan fingerprint density at radius 2 is 1.43 bits per heavy atom. The van der Waals surface area contributed by atoms with Crippen LogP contribution in [0.1, 0.15) is 20.7 Å². The molecule has 0 atom stereocenters. The molecule has 0 spiro atoms. The van der Waals surface area contributed by atoms with Crippen molar-refractivity contribution < 1.29 is 40.6 Å². The number of aliphatic hydroxyl groups is 1. The van der Waals surface area contributed by atoms with E-state index in [1.54, 1.807) is 24.3 Å². The van der Waals surface area contributed by atoms with Crippen molar-refractivity contribution in [1.29, 1.82) is 0 Å². The van der Waals surface area contributed by atoms with E-state index in [0.717, 1.165) is 3.57 Å². The summed E-state index contributed by atoms with van der Waals surface area (Å²) in [6.45, 7) is -0.469. The number of carbonyl (C=O) groups excluding carboxylic acids is 2. The number of methoxy groups -OCH3 is 1. The maximum Gasteiger partial charge on any atom is 0.357 e. The summed E-state index contributed by atoms with van der Waals surface area (Å²) in [7, 11) is 1.36. The van der Waals surface area contributed by atoms with E-state index in [-0.39, 0.29) is 33.0 Å². The fraction of sp³-hybridized carbons (Fsp3) is 0.125. The van der Waals surface area contributed by atoms with Gasteiger partial charge in [-0.05, 0) is 48.5 Å². The Kier molecular flexibility index (Phi) is 5.46. The Morgan fingerprint density at radius 1 is 0.952 bits per heavy atom. The van der Waals surface area contributed by atoms with Crippen LogP contribution < -0.4 is 21.2 Å². The lowest BCUT2D eigenvalue weighted by molar-refractivity contribution is -0.597. The third-order valence-electron chi connectivity index (χ3n) is 2.79. The minimum absolute atomic E-state index is 0.276. The molecule has 0 amide bonds. The largest absolute Gasteiger partial charge is 0.465 e. The number of ketones is 1. The molecule has 2 aromatic rings. The smallest absolute Gasteiger partial charge is 0.357 e. The second kappa shape index (κ2) is 7.33. The van der Waals surface area contributed by atoms with Crippen molar-refractivity contribution in [1.82, 2.24) is 0 Å². The minimum Gasteiger partial charge on any atom is -0.465 e. The van der Waals surface area contributed by atoms with Crippen LogP contribution >= 0.6 is 0 Å². The standard InChI is InChI=1S/C16H14IO4/c1-21-16(20)12-4-8-14(9-5-12)17-13-6-2-11(3-7-13)15(19)10-18/h2-9,18H,10H2,1H3/q+1. The first-order chi connectivity index (χ1) is 10.1. The first-order valence-electron chi connectivity index (χ1n) is 6.21. The molecule has 1 N–H and O–H groups in total. The van der Waals surface area contributed by atoms with Gasteiger partial charge in [-0.2, -0.15) is 0 Å². The molecule has 2 rings (SSSR count). The van der Waals surface area contributed by atoms with Gasteiger partial charge in [0.15, 0.2) is 12.9 Å². The van der Waals surface area contributed by atoms with Gasteiger partial charge < -0.3 is 9.84 Å². The van der Waals surface area contributed by atoms with Crippen molar-refractivity contribution in [2.75, 3.05) is 13.7 Å². The zero-order valence-electron chi connectivity index (χ0n) is 11.4. The number of rotatable bonds is 5. The van der Waals surface area contributed by atoms with Gasteiger partial charge in [0.1, 0.15) is 6.61 Å². The van der Waals surface area contributed by atoms with E-state index in [4.69, 9.17) is 5.11 Å². The van der Waals surface area contributed by atoms with E-state index in [0.29, 0.717) is 11.1 Å². The van der Waals surface area contributed by atoms with E-state index in [9.17, 15) is 9.59 Å². The molecule has 4 nitrogen and oxygen atoms in total. The van der Waals surface area contributed by atoms with Crippen LogP contribution in [0.25, 0.3) is 0 Å². The van der Waals surface area contributed by atoms with Crippen molar-refractivity contribution >= 4 is 11.8 Å². The normalized spacial score (nSPS) is 10.2. The number of hydrogen-bond acceptors (Lipinski definition) is 4. The second-order valence-electron chi connectivity index (χ2n) is 4.18. The van der Waals surface area contributed by atoms with Gasteiger partial charge in [0.25, 0.3) is 0 Å². The molecule has 0 aliphatic rings. The van der Waals surface area contributed by atoms with Crippen LogP contribution in [0.3, 0.4) is 0 Å². The molecule has 0 radical (unpaired) electrons. The topological polar surface area (TPSA) is 63.6 Å². The highest BCUT2D eigenvalue weighted by Crippen LogP contribution is 2.01. The first kappa shape index (κ1) is 15.7. The molecular weight excluding hydrogens is 383 g/mol. The maximum absolute atomic E-state index is 11.3. The lowest BCUT2D eigenvalue weighted by atomic mass is 10.1. The summed E-state index contributed by atoms with van der Waals surface area (Å²) >= 11 is -0.371. The van der Waals surface area contributed by atoms with Crippen LogP contribution in [0.2, 0.25) is 0 Å². The van der Waals surface area contributed by atoms with Gasteiger partial charge in [0, 0.05) is 5.56 Å². The number of ether oxygens (including phenoxy) is 1. The molecule has 0 aliphatic carbocycles. The number of aliphatic hydroxyl groups excluding tert-OH is 1. The van der Waals surface area contributed by atoms with E-state index in [1.165, 1.54) is 10.7 Å². The third-order valence-corrected chi connectivity index (χ3v) is 5.48. The molecule has 21 heavy (non-hydrogen) atoms. The predicted octanol–water partition coefficient (Wildman–Crippen LogP) is -1.22. The summed E-state index contributed by atoms with van der Waals surface area (Å²) in [6, 6.07) is 14.6. The van der Waals surface area contributed by atoms with E-state index >= 15 is 0 Å². The quantitative estimate of drug-likeness (QED) is 0.390. The lowest BCUT2D eigenvalue weighted by Gasteiger charge is -1.97. The SMILES string of the molecule is COC(=O)c1ccc([I+]c2ccc(C(=O)CO)cc2)cc1. The van der Waals surface area contributed by atoms with Crippen molar-refractivity contribution in [2.45, 2.75) is 0 Å². The van der Waals surface area contributed by atoms with Crippen molar-refractivity contribution in [3.8, 4) is 0 Å². The highest BCUT2D eigenvalue weighted by molar-refractivity contribution is 5.96. The Balaban J connectivity index is 2.08. The van der Waals surface area contributed by atoms with Gasteiger partial charge >= 0.3 is 27.2 Å². The molecule has 0 aromatic heterocycles. The van der Waals surface area contributed by atoms with Crippen LogP contribution in [-0.4, -0.2) is 30.6 Å². The lowest BCUT2D eigenvalue weighted by Crippen LogP contribution is -3.61. The van der Waals surface area contributed by atoms with Crippen LogP contribution in [0, 0.1) is 7.14 Å². The average Bonchev–Trinajstić information content (AvgIpc) is 2.55. The van der Waals surface area contributed by atoms with Crippen LogP contribution in [0.15, 0.2) is 48.5 Å². The van der Waals surface area contributed by atoms with Crippen LogP contribution in [0.4, 0.5) is 0 Å². The van der Waals surface area contributed by atoms with Gasteiger partial charge in [0.2, 0.25) is 0 Å². The molecule has 5 heteroatoms. The number of Topliss-reactive ketones (excluding diaryl/α,β-unsaturated/α-hetero) is 1. The van der Waals surface area contributed by atoms with E-state index < -0.39 is 6.61 Å². The molecule has 2 aromatic carbocycles. The van der Waals surface area contributed by atoms with Gasteiger partial charge in [-0.25, -0.2) is 4.79 Å². The average molecular weight is 397 g/mol. The number of halogens is 1. The van der Waals surface area contributed by atoms with Crippen LogP contribution in [0.5, 0.6) is 0 Å². The molecule has 0 bridgehead atoms. The number of esters is 1. The number of hydrogen-bond donors (Lipinski definition) is 1. The van der Waals surface area contributed by atoms with Gasteiger partial charge in [-0.15, -0.1) is 0 Å². The first-order valence-corrected chi connectivity index (χ1v) is 8.37. The summed E-state index contributed by atoms with van der Waals surface area (Å²) in [5.41, 5.74) is 1.06. The van der Waals surface area contributed by atoms with Crippen LogP contribution in [-0.2, 0) is 4.74 Å². The Morgan fingerprint density at radius 3 is 1.86 bits per heavy atom. The molecule has 0 saturated heterocycles. The van der Waals surface area contributed by atoms with Crippen molar-refractivity contribution in [3.05, 3.63) is 66.8 Å². The molecule has 0 aliphatic heterocycles. The molecule has 0 fully saturated rings. The number of carbonyl (C=O) groups is 2. The molecule has 0 heterocycles. The summed E-state index contributed by atoms with van der Waals surface area (Å²) < 4.78 is 6.99. The zero-order chi connectivity index (χ0) is 15.2. The Hall–Kier alpha value is -1.73. The highest BCUT2D eigenvalue weighted by atomic mass is 127. The Labute approximate surface area is 133 Å². The van der Waals surface area contributed by atoms with Gasteiger partial charge in [0.05, 0.1) is 12.7 Å². The third kappa shape index (κ3) is 4.12. The van der Waals surface area contributed by atoms with E-state index in [1.807, 2.05) is 24.3 Å². The summed E-state index contributed by atoms with van der Waals surface area (Å²) in [4.78, 5) is 22.7. The minimum atomic E-state index is -0.469. The van der Waals surface area contributed by atoms with E-state index in [2.05, 4.69) is 4.74 Å². The Bertz CT molecular complexity index is 575. The molecule has 0 unspecified atom stereocenters. The van der Waals surface area contributed by atoms with Gasteiger partial charge in [-0.3, -0.25) is 4.79 Å². The summed E-state index contributed by atoms with van der Waals surface area (Å²) in [6.07, 6.45) is 0.